The summed E-state index contributed by atoms with van der Waals surface area (Å²) in [6, 6.07) is 1.58. The topological polar surface area (TPSA) is 69.3 Å². The summed E-state index contributed by atoms with van der Waals surface area (Å²) in [5.74, 6) is 0.790. The van der Waals surface area contributed by atoms with Crippen LogP contribution >= 0.6 is 15.9 Å². The molecule has 134 valence electrons. The van der Waals surface area contributed by atoms with Crippen molar-refractivity contribution in [3.63, 3.8) is 0 Å². The number of nitrogens with zero attached hydrogens (tertiary/aromatic N) is 1. The van der Waals surface area contributed by atoms with Crippen LogP contribution in [0.5, 0.6) is 17.2 Å². The third-order valence-electron chi connectivity index (χ3n) is 3.84. The number of benzene rings is 1. The van der Waals surface area contributed by atoms with Gasteiger partial charge in [0.2, 0.25) is 5.75 Å². The number of esters is 1. The lowest BCUT2D eigenvalue weighted by Crippen LogP contribution is -2.44. The van der Waals surface area contributed by atoms with E-state index in [0.29, 0.717) is 33.9 Å². The Morgan fingerprint density at radius 2 is 1.83 bits per heavy atom. The average molecular weight is 403 g/mol. The van der Waals surface area contributed by atoms with Crippen LogP contribution in [-0.2, 0) is 4.74 Å². The van der Waals surface area contributed by atoms with Crippen molar-refractivity contribution in [3.8, 4) is 17.2 Å². The highest BCUT2D eigenvalue weighted by molar-refractivity contribution is 9.10. The molecule has 0 spiro atoms. The summed E-state index contributed by atoms with van der Waals surface area (Å²) in [4.78, 5) is 14.7. The van der Waals surface area contributed by atoms with E-state index < -0.39 is 5.97 Å². The number of halogens is 1. The van der Waals surface area contributed by atoms with Gasteiger partial charge in [-0.1, -0.05) is 0 Å². The molecule has 1 aliphatic heterocycles. The van der Waals surface area contributed by atoms with Crippen LogP contribution in [0.1, 0.15) is 10.4 Å². The first-order chi connectivity index (χ1) is 11.6. The molecule has 0 aliphatic carbocycles. The van der Waals surface area contributed by atoms with E-state index in [1.807, 2.05) is 0 Å². The van der Waals surface area contributed by atoms with E-state index in [9.17, 15) is 4.79 Å². The first-order valence-corrected chi connectivity index (χ1v) is 8.50. The number of hydrogen-bond donors (Lipinski definition) is 1. The lowest BCUT2D eigenvalue weighted by atomic mass is 10.2. The molecule has 0 saturated carbocycles. The van der Waals surface area contributed by atoms with E-state index in [4.69, 9.17) is 18.9 Å². The molecular weight excluding hydrogens is 380 g/mol. The van der Waals surface area contributed by atoms with Gasteiger partial charge in [-0.05, 0) is 22.0 Å². The minimum absolute atomic E-state index is 0.335. The maximum atomic E-state index is 12.4. The summed E-state index contributed by atoms with van der Waals surface area (Å²) >= 11 is 3.39. The minimum atomic E-state index is -0.434. The SMILES string of the molecule is COc1cc(C(=O)OCCN2CCNCC2)c(Br)c(OC)c1OC. The van der Waals surface area contributed by atoms with Crippen molar-refractivity contribution in [1.82, 2.24) is 10.2 Å². The van der Waals surface area contributed by atoms with Gasteiger partial charge in [0.1, 0.15) is 6.61 Å². The minimum Gasteiger partial charge on any atom is -0.493 e. The molecule has 1 aromatic carbocycles. The second-order valence-electron chi connectivity index (χ2n) is 5.23. The fraction of sp³-hybridized carbons (Fsp3) is 0.562. The number of nitrogens with one attached hydrogen (secondary N) is 1. The van der Waals surface area contributed by atoms with Gasteiger partial charge in [-0.25, -0.2) is 4.79 Å². The Hall–Kier alpha value is -1.51. The van der Waals surface area contributed by atoms with Crippen molar-refractivity contribution >= 4 is 21.9 Å². The molecule has 0 atom stereocenters. The predicted octanol–water partition coefficient (Wildman–Crippen LogP) is 1.54. The molecule has 1 aromatic rings. The van der Waals surface area contributed by atoms with Crippen molar-refractivity contribution in [2.45, 2.75) is 0 Å². The molecular formula is C16H23BrN2O5. The number of piperazine rings is 1. The van der Waals surface area contributed by atoms with E-state index in [0.717, 1.165) is 32.7 Å². The van der Waals surface area contributed by atoms with Gasteiger partial charge in [0.05, 0.1) is 31.4 Å². The van der Waals surface area contributed by atoms with Crippen molar-refractivity contribution in [1.29, 1.82) is 0 Å². The van der Waals surface area contributed by atoms with E-state index >= 15 is 0 Å². The number of ether oxygens (including phenoxy) is 4. The van der Waals surface area contributed by atoms with Crippen LogP contribution in [0.2, 0.25) is 0 Å². The molecule has 0 bridgehead atoms. The molecule has 24 heavy (non-hydrogen) atoms. The molecule has 1 saturated heterocycles. The maximum Gasteiger partial charge on any atom is 0.339 e. The molecule has 7 nitrogen and oxygen atoms in total. The van der Waals surface area contributed by atoms with Crippen LogP contribution in [-0.4, -0.2) is 71.5 Å². The summed E-state index contributed by atoms with van der Waals surface area (Å²) in [6.45, 7) is 4.91. The zero-order chi connectivity index (χ0) is 17.5. The molecule has 1 aliphatic rings. The number of methoxy groups -OCH3 is 3. The number of rotatable bonds is 7. The van der Waals surface area contributed by atoms with Gasteiger partial charge >= 0.3 is 5.97 Å². The van der Waals surface area contributed by atoms with Crippen LogP contribution < -0.4 is 19.5 Å². The van der Waals surface area contributed by atoms with Gasteiger partial charge in [-0.3, -0.25) is 4.90 Å². The summed E-state index contributed by atoms with van der Waals surface area (Å²) < 4.78 is 21.8. The van der Waals surface area contributed by atoms with Gasteiger partial charge in [0.15, 0.2) is 11.5 Å². The van der Waals surface area contributed by atoms with E-state index in [1.54, 1.807) is 6.07 Å². The van der Waals surface area contributed by atoms with Gasteiger partial charge in [-0.2, -0.15) is 0 Å². The van der Waals surface area contributed by atoms with E-state index in [1.165, 1.54) is 21.3 Å². The maximum absolute atomic E-state index is 12.4. The Morgan fingerprint density at radius 3 is 2.42 bits per heavy atom. The second-order valence-corrected chi connectivity index (χ2v) is 6.03. The van der Waals surface area contributed by atoms with Crippen LogP contribution in [0.4, 0.5) is 0 Å². The summed E-state index contributed by atoms with van der Waals surface area (Å²) in [7, 11) is 4.52. The first-order valence-electron chi connectivity index (χ1n) is 7.71. The number of carbonyl (C=O) groups excluding carboxylic acids is 1. The molecule has 0 aromatic heterocycles. The van der Waals surface area contributed by atoms with Crippen molar-refractivity contribution in [3.05, 3.63) is 16.1 Å². The average Bonchev–Trinajstić information content (AvgIpc) is 2.61. The van der Waals surface area contributed by atoms with Gasteiger partial charge in [0.25, 0.3) is 0 Å². The van der Waals surface area contributed by atoms with Gasteiger partial charge < -0.3 is 24.3 Å². The third-order valence-corrected chi connectivity index (χ3v) is 4.63. The molecule has 0 unspecified atom stereocenters. The molecule has 1 N–H and O–H groups in total. The Morgan fingerprint density at radius 1 is 1.17 bits per heavy atom. The monoisotopic (exact) mass is 402 g/mol. The van der Waals surface area contributed by atoms with Gasteiger partial charge in [0, 0.05) is 32.7 Å². The van der Waals surface area contributed by atoms with Crippen LogP contribution in [0.25, 0.3) is 0 Å². The number of hydrogen-bond acceptors (Lipinski definition) is 7. The van der Waals surface area contributed by atoms with E-state index in [2.05, 4.69) is 26.1 Å². The predicted molar refractivity (Wildman–Crippen MR) is 93.4 cm³/mol. The van der Waals surface area contributed by atoms with Gasteiger partial charge in [-0.15, -0.1) is 0 Å². The van der Waals surface area contributed by atoms with E-state index in [-0.39, 0.29) is 0 Å². The third kappa shape index (κ3) is 4.31. The Bertz CT molecular complexity index is 576. The first kappa shape index (κ1) is 18.8. The van der Waals surface area contributed by atoms with Crippen LogP contribution in [0, 0.1) is 0 Å². The van der Waals surface area contributed by atoms with Crippen LogP contribution in [0.15, 0.2) is 10.5 Å². The smallest absolute Gasteiger partial charge is 0.339 e. The normalized spacial score (nSPS) is 15.0. The quantitative estimate of drug-likeness (QED) is 0.693. The Balaban J connectivity index is 2.07. The highest BCUT2D eigenvalue weighted by atomic mass is 79.9. The lowest BCUT2D eigenvalue weighted by molar-refractivity contribution is 0.0454. The summed E-state index contributed by atoms with van der Waals surface area (Å²) in [5.41, 5.74) is 0.338. The van der Waals surface area contributed by atoms with Crippen molar-refractivity contribution in [2.75, 3.05) is 60.7 Å². The lowest BCUT2D eigenvalue weighted by Gasteiger charge is -2.26. The molecule has 8 heteroatoms. The number of carbonyl (C=O) groups is 1. The second kappa shape index (κ2) is 9.10. The summed E-state index contributed by atoms with van der Waals surface area (Å²) in [6.07, 6.45) is 0. The fourth-order valence-electron chi connectivity index (χ4n) is 2.55. The highest BCUT2D eigenvalue weighted by Gasteiger charge is 2.23. The Labute approximate surface area is 150 Å². The molecule has 1 heterocycles. The zero-order valence-corrected chi connectivity index (χ0v) is 15.8. The zero-order valence-electron chi connectivity index (χ0n) is 14.2. The molecule has 0 amide bonds. The molecule has 1 fully saturated rings. The molecule has 0 radical (unpaired) electrons. The summed E-state index contributed by atoms with van der Waals surface area (Å²) in [5, 5.41) is 3.29. The van der Waals surface area contributed by atoms with Crippen molar-refractivity contribution in [2.24, 2.45) is 0 Å². The highest BCUT2D eigenvalue weighted by Crippen LogP contribution is 2.44. The fourth-order valence-corrected chi connectivity index (χ4v) is 3.17. The molecule has 2 rings (SSSR count). The standard InChI is InChI=1S/C16H23BrN2O5/c1-21-12-10-11(13(17)15(23-3)14(12)22-2)16(20)24-9-8-19-6-4-18-5-7-19/h10,18H,4-9H2,1-3H3. The van der Waals surface area contributed by atoms with Crippen LogP contribution in [0.3, 0.4) is 0 Å². The largest absolute Gasteiger partial charge is 0.493 e. The Kier molecular flexibility index (Phi) is 7.14. The van der Waals surface area contributed by atoms with Crippen molar-refractivity contribution < 1.29 is 23.7 Å².